The molecule has 2 aromatic rings. The monoisotopic (exact) mass is 437 g/mol. The third kappa shape index (κ3) is 4.72. The van der Waals surface area contributed by atoms with Crippen molar-refractivity contribution < 1.29 is 26.5 Å². The number of halogens is 4. The van der Waals surface area contributed by atoms with Crippen LogP contribution in [0.3, 0.4) is 0 Å². The van der Waals surface area contributed by atoms with Gasteiger partial charge < -0.3 is 5.32 Å². The number of alkyl halides is 3. The molecular formula is C16H15ClF3N3O4S. The van der Waals surface area contributed by atoms with Crippen molar-refractivity contribution >= 4 is 33.0 Å². The maximum absolute atomic E-state index is 13.0. The fourth-order valence-electron chi connectivity index (χ4n) is 2.43. The zero-order valence-electron chi connectivity index (χ0n) is 14.5. The van der Waals surface area contributed by atoms with Crippen molar-refractivity contribution in [3.05, 3.63) is 62.7 Å². The van der Waals surface area contributed by atoms with Crippen LogP contribution in [-0.2, 0) is 16.2 Å². The Hall–Kier alpha value is -2.37. The molecule has 0 aliphatic heterocycles. The minimum absolute atomic E-state index is 0.0268. The maximum atomic E-state index is 13.0. The Morgan fingerprint density at radius 2 is 1.86 bits per heavy atom. The second kappa shape index (κ2) is 7.94. The SMILES string of the molecule is CNS(=O)(=O)c1cccc(C(C)Nc2cc(Cl)c(C(F)(F)F)cc2[N+](=O)[O-])c1. The van der Waals surface area contributed by atoms with Gasteiger partial charge in [-0.05, 0) is 37.7 Å². The first-order valence-corrected chi connectivity index (χ1v) is 9.58. The highest BCUT2D eigenvalue weighted by molar-refractivity contribution is 7.89. The number of hydrogen-bond acceptors (Lipinski definition) is 5. The zero-order chi connectivity index (χ0) is 21.3. The van der Waals surface area contributed by atoms with Crippen molar-refractivity contribution in [1.29, 1.82) is 0 Å². The molecule has 12 heteroatoms. The van der Waals surface area contributed by atoms with E-state index in [0.29, 0.717) is 11.6 Å². The second-order valence-corrected chi connectivity index (χ2v) is 8.04. The molecule has 0 fully saturated rings. The second-order valence-electron chi connectivity index (χ2n) is 5.75. The van der Waals surface area contributed by atoms with E-state index in [0.717, 1.165) is 6.07 Å². The van der Waals surface area contributed by atoms with Crippen LogP contribution in [0.25, 0.3) is 0 Å². The lowest BCUT2D eigenvalue weighted by Gasteiger charge is -2.18. The molecule has 0 saturated heterocycles. The molecule has 0 bridgehead atoms. The van der Waals surface area contributed by atoms with E-state index in [1.165, 1.54) is 25.2 Å². The topological polar surface area (TPSA) is 101 Å². The quantitative estimate of drug-likeness (QED) is 0.517. The first-order valence-electron chi connectivity index (χ1n) is 7.72. The van der Waals surface area contributed by atoms with Gasteiger partial charge in [0.2, 0.25) is 10.0 Å². The first kappa shape index (κ1) is 21.9. The van der Waals surface area contributed by atoms with Crippen molar-refractivity contribution in [3.8, 4) is 0 Å². The number of nitro benzene ring substituents is 1. The third-order valence-corrected chi connectivity index (χ3v) is 5.62. The van der Waals surface area contributed by atoms with Crippen LogP contribution < -0.4 is 10.0 Å². The molecule has 0 spiro atoms. The minimum atomic E-state index is -4.85. The molecule has 1 unspecified atom stereocenters. The van der Waals surface area contributed by atoms with E-state index >= 15 is 0 Å². The van der Waals surface area contributed by atoms with Crippen LogP contribution in [0.2, 0.25) is 5.02 Å². The van der Waals surface area contributed by atoms with Gasteiger partial charge >= 0.3 is 6.18 Å². The molecule has 0 amide bonds. The number of anilines is 1. The maximum Gasteiger partial charge on any atom is 0.418 e. The number of nitrogens with one attached hydrogen (secondary N) is 2. The van der Waals surface area contributed by atoms with Gasteiger partial charge in [0, 0.05) is 12.1 Å². The van der Waals surface area contributed by atoms with Gasteiger partial charge in [0.05, 0.1) is 20.4 Å². The van der Waals surface area contributed by atoms with Gasteiger partial charge in [0.15, 0.2) is 0 Å². The van der Waals surface area contributed by atoms with E-state index in [9.17, 15) is 31.7 Å². The van der Waals surface area contributed by atoms with Crippen molar-refractivity contribution in [3.63, 3.8) is 0 Å². The Labute approximate surface area is 163 Å². The summed E-state index contributed by atoms with van der Waals surface area (Å²) < 4.78 is 64.8. The van der Waals surface area contributed by atoms with Gasteiger partial charge in [-0.25, -0.2) is 13.1 Å². The van der Waals surface area contributed by atoms with Gasteiger partial charge in [0.25, 0.3) is 5.69 Å². The Kier molecular flexibility index (Phi) is 6.21. The van der Waals surface area contributed by atoms with Crippen LogP contribution in [0.4, 0.5) is 24.5 Å². The highest BCUT2D eigenvalue weighted by Gasteiger charge is 2.36. The van der Waals surface area contributed by atoms with Crippen molar-refractivity contribution in [1.82, 2.24) is 4.72 Å². The van der Waals surface area contributed by atoms with Crippen molar-refractivity contribution in [2.24, 2.45) is 0 Å². The lowest BCUT2D eigenvalue weighted by molar-refractivity contribution is -0.384. The average molecular weight is 438 g/mol. The summed E-state index contributed by atoms with van der Waals surface area (Å²) in [6.45, 7) is 1.57. The molecule has 28 heavy (non-hydrogen) atoms. The van der Waals surface area contributed by atoms with Gasteiger partial charge in [-0.2, -0.15) is 13.2 Å². The average Bonchev–Trinajstić information content (AvgIpc) is 2.60. The molecule has 152 valence electrons. The first-order chi connectivity index (χ1) is 12.9. The normalized spacial score (nSPS) is 13.2. The third-order valence-electron chi connectivity index (χ3n) is 3.90. The molecule has 0 aliphatic carbocycles. The Balaban J connectivity index is 2.44. The van der Waals surface area contributed by atoms with Crippen LogP contribution in [0.15, 0.2) is 41.3 Å². The van der Waals surface area contributed by atoms with E-state index < -0.39 is 43.4 Å². The Bertz CT molecular complexity index is 1010. The summed E-state index contributed by atoms with van der Waals surface area (Å²) in [7, 11) is -2.46. The standard InChI is InChI=1S/C16H15ClF3N3O4S/c1-9(10-4-3-5-11(6-10)28(26,27)21-2)22-14-8-13(17)12(16(18,19)20)7-15(14)23(24)25/h3-9,21-22H,1-2H3. The number of nitrogens with zero attached hydrogens (tertiary/aromatic N) is 1. The molecule has 1 atom stereocenters. The molecule has 0 radical (unpaired) electrons. The van der Waals surface area contributed by atoms with Gasteiger partial charge in [-0.15, -0.1) is 0 Å². The van der Waals surface area contributed by atoms with Crippen molar-refractivity contribution in [2.75, 3.05) is 12.4 Å². The summed E-state index contributed by atoms with van der Waals surface area (Å²) in [5.74, 6) is 0. The summed E-state index contributed by atoms with van der Waals surface area (Å²) in [6, 6.07) is 6.28. The summed E-state index contributed by atoms with van der Waals surface area (Å²) in [6.07, 6.45) is -4.85. The minimum Gasteiger partial charge on any atom is -0.373 e. The molecule has 0 aromatic heterocycles. The molecule has 0 aliphatic rings. The van der Waals surface area contributed by atoms with E-state index in [1.54, 1.807) is 13.0 Å². The number of benzene rings is 2. The number of nitro groups is 1. The molecule has 7 nitrogen and oxygen atoms in total. The fraction of sp³-hybridized carbons (Fsp3) is 0.250. The Morgan fingerprint density at radius 3 is 2.39 bits per heavy atom. The largest absolute Gasteiger partial charge is 0.418 e. The predicted octanol–water partition coefficient (Wildman–Crippen LogP) is 4.35. The number of hydrogen-bond donors (Lipinski definition) is 2. The van der Waals surface area contributed by atoms with Gasteiger partial charge in [-0.1, -0.05) is 23.7 Å². The number of sulfonamides is 1. The van der Waals surface area contributed by atoms with E-state index in [1.807, 2.05) is 0 Å². The van der Waals surface area contributed by atoms with Crippen LogP contribution in [0, 0.1) is 10.1 Å². The number of rotatable bonds is 6. The van der Waals surface area contributed by atoms with E-state index in [2.05, 4.69) is 10.0 Å². The van der Waals surface area contributed by atoms with E-state index in [-0.39, 0.29) is 10.6 Å². The van der Waals surface area contributed by atoms with Crippen LogP contribution in [0.5, 0.6) is 0 Å². The fourth-order valence-corrected chi connectivity index (χ4v) is 3.49. The summed E-state index contributed by atoms with van der Waals surface area (Å²) >= 11 is 5.65. The van der Waals surface area contributed by atoms with Crippen molar-refractivity contribution in [2.45, 2.75) is 24.0 Å². The Morgan fingerprint density at radius 1 is 1.21 bits per heavy atom. The smallest absolute Gasteiger partial charge is 0.373 e. The van der Waals surface area contributed by atoms with Gasteiger partial charge in [-0.3, -0.25) is 10.1 Å². The van der Waals surface area contributed by atoms with Crippen LogP contribution >= 0.6 is 11.6 Å². The molecule has 2 rings (SSSR count). The summed E-state index contributed by atoms with van der Waals surface area (Å²) in [4.78, 5) is 10.2. The molecule has 2 N–H and O–H groups in total. The highest BCUT2D eigenvalue weighted by Crippen LogP contribution is 2.41. The van der Waals surface area contributed by atoms with Crippen LogP contribution in [-0.4, -0.2) is 20.4 Å². The molecule has 0 heterocycles. The van der Waals surface area contributed by atoms with Gasteiger partial charge in [0.1, 0.15) is 5.69 Å². The van der Waals surface area contributed by atoms with Crippen LogP contribution in [0.1, 0.15) is 24.1 Å². The predicted molar refractivity (Wildman–Crippen MR) is 97.8 cm³/mol. The lowest BCUT2D eigenvalue weighted by Crippen LogP contribution is -2.19. The molecule has 2 aromatic carbocycles. The highest BCUT2D eigenvalue weighted by atomic mass is 35.5. The molecule has 0 saturated carbocycles. The van der Waals surface area contributed by atoms with E-state index in [4.69, 9.17) is 11.6 Å². The summed E-state index contributed by atoms with van der Waals surface area (Å²) in [5.41, 5.74) is -1.90. The summed E-state index contributed by atoms with van der Waals surface area (Å²) in [5, 5.41) is 13.2. The lowest BCUT2D eigenvalue weighted by atomic mass is 10.1. The zero-order valence-corrected chi connectivity index (χ0v) is 16.1. The molecular weight excluding hydrogens is 423 g/mol.